The molecule has 0 spiro atoms. The number of carboxylic acids is 1. The highest BCUT2D eigenvalue weighted by Gasteiger charge is 2.71. The van der Waals surface area contributed by atoms with Crippen molar-refractivity contribution < 1.29 is 24.9 Å². The fourth-order valence-corrected chi connectivity index (χ4v) is 1.66. The third-order valence-corrected chi connectivity index (χ3v) is 2.98. The van der Waals surface area contributed by atoms with Crippen LogP contribution in [0, 0.1) is 5.41 Å². The van der Waals surface area contributed by atoms with Gasteiger partial charge >= 0.3 is 5.97 Å². The summed E-state index contributed by atoms with van der Waals surface area (Å²) in [4.78, 5) is 21.3. The lowest BCUT2D eigenvalue weighted by molar-refractivity contribution is -0.141. The SMILES string of the molecule is CC1(C)C(O)[C@]1(O)CC(=O)CC(=O)O. The van der Waals surface area contributed by atoms with Gasteiger partial charge in [-0.1, -0.05) is 13.8 Å². The van der Waals surface area contributed by atoms with Crippen LogP contribution in [0.15, 0.2) is 0 Å². The molecule has 0 aromatic heterocycles. The lowest BCUT2D eigenvalue weighted by Crippen LogP contribution is -2.23. The summed E-state index contributed by atoms with van der Waals surface area (Å²) in [5.74, 6) is -1.78. The Morgan fingerprint density at radius 2 is 1.79 bits per heavy atom. The topological polar surface area (TPSA) is 94.8 Å². The number of aliphatic carboxylic acids is 1. The monoisotopic (exact) mass is 202 g/mol. The Morgan fingerprint density at radius 1 is 1.36 bits per heavy atom. The van der Waals surface area contributed by atoms with Gasteiger partial charge in [0.25, 0.3) is 0 Å². The van der Waals surface area contributed by atoms with Crippen LogP contribution in [0.5, 0.6) is 0 Å². The highest BCUT2D eigenvalue weighted by molar-refractivity contribution is 5.95. The van der Waals surface area contributed by atoms with Gasteiger partial charge in [0.2, 0.25) is 0 Å². The first kappa shape index (κ1) is 11.1. The molecule has 5 heteroatoms. The summed E-state index contributed by atoms with van der Waals surface area (Å²) < 4.78 is 0. The van der Waals surface area contributed by atoms with Gasteiger partial charge in [0.05, 0.1) is 6.10 Å². The lowest BCUT2D eigenvalue weighted by Gasteiger charge is -2.10. The summed E-state index contributed by atoms with van der Waals surface area (Å²) in [5, 5.41) is 27.4. The molecule has 1 unspecified atom stereocenters. The molecule has 0 radical (unpaired) electrons. The number of rotatable bonds is 4. The smallest absolute Gasteiger partial charge is 0.310 e. The summed E-state index contributed by atoms with van der Waals surface area (Å²) in [6, 6.07) is 0. The number of hydrogen-bond acceptors (Lipinski definition) is 4. The van der Waals surface area contributed by atoms with Crippen molar-refractivity contribution in [2.24, 2.45) is 5.41 Å². The van der Waals surface area contributed by atoms with Crippen molar-refractivity contribution in [2.45, 2.75) is 38.4 Å². The van der Waals surface area contributed by atoms with Crippen molar-refractivity contribution in [1.29, 1.82) is 0 Å². The van der Waals surface area contributed by atoms with Gasteiger partial charge in [-0.2, -0.15) is 0 Å². The van der Waals surface area contributed by atoms with Gasteiger partial charge in [-0.05, 0) is 0 Å². The summed E-state index contributed by atoms with van der Waals surface area (Å²) >= 11 is 0. The molecule has 80 valence electrons. The summed E-state index contributed by atoms with van der Waals surface area (Å²) in [7, 11) is 0. The number of Topliss-reactive ketones (excluding diaryl/α,β-unsaturated/α-hetero) is 1. The van der Waals surface area contributed by atoms with Crippen LogP contribution in [0.25, 0.3) is 0 Å². The largest absolute Gasteiger partial charge is 0.481 e. The van der Waals surface area contributed by atoms with E-state index in [1.807, 2.05) is 0 Å². The quantitative estimate of drug-likeness (QED) is 0.537. The molecule has 1 aliphatic rings. The number of carbonyl (C=O) groups excluding carboxylic acids is 1. The maximum atomic E-state index is 11.1. The van der Waals surface area contributed by atoms with Gasteiger partial charge in [-0.15, -0.1) is 0 Å². The van der Waals surface area contributed by atoms with Crippen molar-refractivity contribution in [2.75, 3.05) is 0 Å². The fraction of sp³-hybridized carbons (Fsp3) is 0.778. The van der Waals surface area contributed by atoms with Crippen molar-refractivity contribution in [3.05, 3.63) is 0 Å². The number of carboxylic acid groups (broad SMARTS) is 1. The van der Waals surface area contributed by atoms with E-state index in [0.29, 0.717) is 0 Å². The minimum atomic E-state index is -1.44. The predicted molar refractivity (Wildman–Crippen MR) is 46.6 cm³/mol. The Kier molecular flexibility index (Phi) is 2.41. The molecular formula is C9H14O5. The average molecular weight is 202 g/mol. The highest BCUT2D eigenvalue weighted by Crippen LogP contribution is 2.57. The minimum Gasteiger partial charge on any atom is -0.481 e. The fourth-order valence-electron chi connectivity index (χ4n) is 1.66. The van der Waals surface area contributed by atoms with Crippen LogP contribution in [-0.2, 0) is 9.59 Å². The third kappa shape index (κ3) is 1.53. The van der Waals surface area contributed by atoms with E-state index in [4.69, 9.17) is 5.11 Å². The maximum absolute atomic E-state index is 11.1. The van der Waals surface area contributed by atoms with Gasteiger partial charge in [0.15, 0.2) is 0 Å². The molecule has 3 N–H and O–H groups in total. The van der Waals surface area contributed by atoms with Gasteiger partial charge in [0, 0.05) is 11.8 Å². The van der Waals surface area contributed by atoms with E-state index in [0.717, 1.165) is 0 Å². The molecule has 5 nitrogen and oxygen atoms in total. The molecule has 1 saturated carbocycles. The van der Waals surface area contributed by atoms with Crippen molar-refractivity contribution >= 4 is 11.8 Å². The Hall–Kier alpha value is -0.940. The molecule has 0 aromatic carbocycles. The van der Waals surface area contributed by atoms with Crippen molar-refractivity contribution in [3.8, 4) is 0 Å². The molecular weight excluding hydrogens is 188 g/mol. The van der Waals surface area contributed by atoms with E-state index in [1.165, 1.54) is 0 Å². The third-order valence-electron chi connectivity index (χ3n) is 2.98. The van der Waals surface area contributed by atoms with E-state index >= 15 is 0 Å². The Morgan fingerprint density at radius 3 is 2.07 bits per heavy atom. The first-order valence-corrected chi connectivity index (χ1v) is 4.36. The predicted octanol–water partition coefficient (Wildman–Crippen LogP) is -0.448. The van der Waals surface area contributed by atoms with Crippen LogP contribution in [0.4, 0.5) is 0 Å². The van der Waals surface area contributed by atoms with Gasteiger partial charge in [0.1, 0.15) is 17.8 Å². The van der Waals surface area contributed by atoms with E-state index in [2.05, 4.69) is 0 Å². The molecule has 1 aliphatic carbocycles. The van der Waals surface area contributed by atoms with Crippen molar-refractivity contribution in [1.82, 2.24) is 0 Å². The summed E-state index contributed by atoms with van der Waals surface area (Å²) in [6.45, 7) is 3.26. The van der Waals surface area contributed by atoms with Crippen LogP contribution in [-0.4, -0.2) is 38.8 Å². The number of aliphatic hydroxyl groups is 2. The Bertz CT molecular complexity index is 283. The van der Waals surface area contributed by atoms with Gasteiger partial charge < -0.3 is 15.3 Å². The van der Waals surface area contributed by atoms with Crippen LogP contribution < -0.4 is 0 Å². The first-order chi connectivity index (χ1) is 6.22. The zero-order valence-electron chi connectivity index (χ0n) is 8.15. The van der Waals surface area contributed by atoms with Crippen LogP contribution >= 0.6 is 0 Å². The number of ketones is 1. The molecule has 1 rings (SSSR count). The zero-order chi connectivity index (χ0) is 11.1. The molecule has 0 aromatic rings. The normalized spacial score (nSPS) is 33.9. The van der Waals surface area contributed by atoms with E-state index in [-0.39, 0.29) is 6.42 Å². The summed E-state index contributed by atoms with van der Waals surface area (Å²) in [6.07, 6.45) is -1.86. The molecule has 0 amide bonds. The van der Waals surface area contributed by atoms with Gasteiger partial charge in [-0.25, -0.2) is 0 Å². The summed E-state index contributed by atoms with van der Waals surface area (Å²) in [5.41, 5.74) is -2.17. The molecule has 0 heterocycles. The Balaban J connectivity index is 2.55. The van der Waals surface area contributed by atoms with Crippen LogP contribution in [0.3, 0.4) is 0 Å². The van der Waals surface area contributed by atoms with Crippen LogP contribution in [0.1, 0.15) is 26.7 Å². The minimum absolute atomic E-state index is 0.298. The van der Waals surface area contributed by atoms with E-state index < -0.39 is 35.3 Å². The van der Waals surface area contributed by atoms with Crippen molar-refractivity contribution in [3.63, 3.8) is 0 Å². The second kappa shape index (κ2) is 3.03. The van der Waals surface area contributed by atoms with Crippen LogP contribution in [0.2, 0.25) is 0 Å². The Labute approximate surface area is 81.4 Å². The molecule has 0 saturated heterocycles. The molecule has 14 heavy (non-hydrogen) atoms. The average Bonchev–Trinajstić information content (AvgIpc) is 2.32. The standard InChI is InChI=1S/C9H14O5/c1-8(2)7(13)9(8,14)4-5(10)3-6(11)12/h7,13-14H,3-4H2,1-2H3,(H,11,12)/t7?,9-/m1/s1. The number of aliphatic hydroxyl groups excluding tert-OH is 1. The van der Waals surface area contributed by atoms with Gasteiger partial charge in [-0.3, -0.25) is 9.59 Å². The van der Waals surface area contributed by atoms with E-state index in [9.17, 15) is 19.8 Å². The zero-order valence-corrected chi connectivity index (χ0v) is 8.15. The lowest BCUT2D eigenvalue weighted by atomic mass is 10.0. The molecule has 1 fully saturated rings. The second-order valence-corrected chi connectivity index (χ2v) is 4.33. The number of carbonyl (C=O) groups is 2. The second-order valence-electron chi connectivity index (χ2n) is 4.33. The molecule has 0 bridgehead atoms. The van der Waals surface area contributed by atoms with E-state index in [1.54, 1.807) is 13.8 Å². The molecule has 2 atom stereocenters. The molecule has 0 aliphatic heterocycles. The highest BCUT2D eigenvalue weighted by atomic mass is 16.4. The first-order valence-electron chi connectivity index (χ1n) is 4.36. The maximum Gasteiger partial charge on any atom is 0.310 e. The number of hydrogen-bond donors (Lipinski definition) is 3.